The largest absolute Gasteiger partial charge is 0.492 e. The predicted molar refractivity (Wildman–Crippen MR) is 59.8 cm³/mol. The summed E-state index contributed by atoms with van der Waals surface area (Å²) in [6.07, 6.45) is 2.97. The molecular formula is C11H15ClFNO. The van der Waals surface area contributed by atoms with E-state index in [0.717, 1.165) is 19.3 Å². The molecule has 0 unspecified atom stereocenters. The zero-order chi connectivity index (χ0) is 11.1. The standard InChI is InChI=1S/C11H15ClFNO/c12-10-8-9(13)4-5-11(10)15-7-3-1-2-6-14/h4-5,8H,1-3,6-7,14H2. The number of rotatable bonds is 6. The van der Waals surface area contributed by atoms with Crippen LogP contribution in [0, 0.1) is 5.82 Å². The van der Waals surface area contributed by atoms with Crippen LogP contribution in [0.1, 0.15) is 19.3 Å². The highest BCUT2D eigenvalue weighted by atomic mass is 35.5. The van der Waals surface area contributed by atoms with Crippen LogP contribution in [0.5, 0.6) is 5.75 Å². The van der Waals surface area contributed by atoms with Crippen LogP contribution in [0.2, 0.25) is 5.02 Å². The predicted octanol–water partition coefficient (Wildman–Crippen LogP) is 2.99. The minimum absolute atomic E-state index is 0.314. The summed E-state index contributed by atoms with van der Waals surface area (Å²) in [5.74, 6) is 0.182. The molecule has 15 heavy (non-hydrogen) atoms. The molecule has 2 N–H and O–H groups in total. The van der Waals surface area contributed by atoms with Gasteiger partial charge in [0.05, 0.1) is 11.6 Å². The quantitative estimate of drug-likeness (QED) is 0.764. The molecule has 84 valence electrons. The van der Waals surface area contributed by atoms with Gasteiger partial charge in [0.2, 0.25) is 0 Å². The molecule has 0 bridgehead atoms. The first kappa shape index (κ1) is 12.3. The van der Waals surface area contributed by atoms with Crippen molar-refractivity contribution in [1.82, 2.24) is 0 Å². The molecule has 1 aromatic rings. The molecule has 0 atom stereocenters. The fourth-order valence-electron chi connectivity index (χ4n) is 1.20. The third kappa shape index (κ3) is 4.49. The van der Waals surface area contributed by atoms with Crippen LogP contribution in [-0.2, 0) is 0 Å². The highest BCUT2D eigenvalue weighted by molar-refractivity contribution is 6.32. The number of unbranched alkanes of at least 4 members (excludes halogenated alkanes) is 2. The monoisotopic (exact) mass is 231 g/mol. The van der Waals surface area contributed by atoms with E-state index in [1.165, 1.54) is 12.1 Å². The molecule has 0 saturated heterocycles. The molecule has 4 heteroatoms. The van der Waals surface area contributed by atoms with Crippen LogP contribution in [0.25, 0.3) is 0 Å². The molecule has 0 amide bonds. The minimum Gasteiger partial charge on any atom is -0.492 e. The van der Waals surface area contributed by atoms with Gasteiger partial charge in [-0.05, 0) is 44.0 Å². The molecule has 0 fully saturated rings. The Morgan fingerprint density at radius 2 is 2.07 bits per heavy atom. The highest BCUT2D eigenvalue weighted by Crippen LogP contribution is 2.24. The molecular weight excluding hydrogens is 217 g/mol. The summed E-state index contributed by atoms with van der Waals surface area (Å²) in [6, 6.07) is 4.12. The molecule has 0 heterocycles. The van der Waals surface area contributed by atoms with Crippen molar-refractivity contribution in [2.75, 3.05) is 13.2 Å². The fraction of sp³-hybridized carbons (Fsp3) is 0.455. The molecule has 0 saturated carbocycles. The maximum absolute atomic E-state index is 12.7. The Kier molecular flexibility index (Phi) is 5.43. The second-order valence-corrected chi connectivity index (χ2v) is 3.68. The van der Waals surface area contributed by atoms with Gasteiger partial charge in [0, 0.05) is 0 Å². The van der Waals surface area contributed by atoms with E-state index in [1.54, 1.807) is 6.07 Å². The van der Waals surface area contributed by atoms with E-state index in [2.05, 4.69) is 0 Å². The lowest BCUT2D eigenvalue weighted by atomic mass is 10.2. The molecule has 0 aromatic heterocycles. The van der Waals surface area contributed by atoms with E-state index in [9.17, 15) is 4.39 Å². The Hall–Kier alpha value is -0.800. The third-order valence-electron chi connectivity index (χ3n) is 2.00. The Labute approximate surface area is 94.2 Å². The number of benzene rings is 1. The lowest BCUT2D eigenvalue weighted by molar-refractivity contribution is 0.305. The van der Waals surface area contributed by atoms with E-state index in [0.29, 0.717) is 23.9 Å². The Balaban J connectivity index is 2.31. The first-order valence-electron chi connectivity index (χ1n) is 5.02. The van der Waals surface area contributed by atoms with Crippen molar-refractivity contribution in [2.24, 2.45) is 5.73 Å². The molecule has 1 rings (SSSR count). The van der Waals surface area contributed by atoms with Gasteiger partial charge in [0.15, 0.2) is 0 Å². The van der Waals surface area contributed by atoms with Gasteiger partial charge in [0.25, 0.3) is 0 Å². The van der Waals surface area contributed by atoms with Crippen LogP contribution in [-0.4, -0.2) is 13.2 Å². The second kappa shape index (κ2) is 6.64. The molecule has 0 spiro atoms. The van der Waals surface area contributed by atoms with Crippen molar-refractivity contribution >= 4 is 11.6 Å². The van der Waals surface area contributed by atoms with Gasteiger partial charge in [-0.2, -0.15) is 0 Å². The Morgan fingerprint density at radius 3 is 2.73 bits per heavy atom. The average molecular weight is 232 g/mol. The van der Waals surface area contributed by atoms with Crippen molar-refractivity contribution < 1.29 is 9.13 Å². The molecule has 0 aliphatic rings. The van der Waals surface area contributed by atoms with Crippen molar-refractivity contribution in [3.8, 4) is 5.75 Å². The van der Waals surface area contributed by atoms with Gasteiger partial charge < -0.3 is 10.5 Å². The number of hydrogen-bond acceptors (Lipinski definition) is 2. The molecule has 2 nitrogen and oxygen atoms in total. The van der Waals surface area contributed by atoms with Gasteiger partial charge in [-0.25, -0.2) is 4.39 Å². The van der Waals surface area contributed by atoms with Gasteiger partial charge >= 0.3 is 0 Å². The average Bonchev–Trinajstić information content (AvgIpc) is 2.20. The van der Waals surface area contributed by atoms with Gasteiger partial charge in [-0.3, -0.25) is 0 Å². The number of hydrogen-bond donors (Lipinski definition) is 1. The number of ether oxygens (including phenoxy) is 1. The van der Waals surface area contributed by atoms with Crippen LogP contribution < -0.4 is 10.5 Å². The lowest BCUT2D eigenvalue weighted by Crippen LogP contribution is -2.01. The van der Waals surface area contributed by atoms with Crippen molar-refractivity contribution in [1.29, 1.82) is 0 Å². The van der Waals surface area contributed by atoms with Crippen LogP contribution >= 0.6 is 11.6 Å². The molecule has 1 aromatic carbocycles. The first-order chi connectivity index (χ1) is 7.24. The Morgan fingerprint density at radius 1 is 1.27 bits per heavy atom. The van der Waals surface area contributed by atoms with Gasteiger partial charge in [-0.15, -0.1) is 0 Å². The zero-order valence-corrected chi connectivity index (χ0v) is 9.27. The summed E-state index contributed by atoms with van der Waals surface area (Å²) in [7, 11) is 0. The highest BCUT2D eigenvalue weighted by Gasteiger charge is 2.02. The minimum atomic E-state index is -0.351. The molecule has 0 radical (unpaired) electrons. The third-order valence-corrected chi connectivity index (χ3v) is 2.30. The van der Waals surface area contributed by atoms with Crippen molar-refractivity contribution in [3.63, 3.8) is 0 Å². The lowest BCUT2D eigenvalue weighted by Gasteiger charge is -2.07. The SMILES string of the molecule is NCCCCCOc1ccc(F)cc1Cl. The Bertz CT molecular complexity index is 307. The maximum atomic E-state index is 12.7. The van der Waals surface area contributed by atoms with E-state index in [1.807, 2.05) is 0 Å². The van der Waals surface area contributed by atoms with E-state index >= 15 is 0 Å². The van der Waals surface area contributed by atoms with Crippen LogP contribution in [0.4, 0.5) is 4.39 Å². The van der Waals surface area contributed by atoms with E-state index in [4.69, 9.17) is 22.1 Å². The van der Waals surface area contributed by atoms with Crippen LogP contribution in [0.15, 0.2) is 18.2 Å². The van der Waals surface area contributed by atoms with Crippen molar-refractivity contribution in [2.45, 2.75) is 19.3 Å². The maximum Gasteiger partial charge on any atom is 0.138 e. The number of nitrogens with two attached hydrogens (primary N) is 1. The van der Waals surface area contributed by atoms with Gasteiger partial charge in [0.1, 0.15) is 11.6 Å². The van der Waals surface area contributed by atoms with E-state index < -0.39 is 0 Å². The van der Waals surface area contributed by atoms with Crippen LogP contribution in [0.3, 0.4) is 0 Å². The molecule has 0 aliphatic carbocycles. The fourth-order valence-corrected chi connectivity index (χ4v) is 1.42. The summed E-state index contributed by atoms with van der Waals surface area (Å²) in [5.41, 5.74) is 5.36. The van der Waals surface area contributed by atoms with Gasteiger partial charge in [-0.1, -0.05) is 11.6 Å². The summed E-state index contributed by atoms with van der Waals surface area (Å²) in [4.78, 5) is 0. The van der Waals surface area contributed by atoms with E-state index in [-0.39, 0.29) is 5.82 Å². The second-order valence-electron chi connectivity index (χ2n) is 3.27. The zero-order valence-electron chi connectivity index (χ0n) is 8.51. The first-order valence-corrected chi connectivity index (χ1v) is 5.40. The summed E-state index contributed by atoms with van der Waals surface area (Å²) >= 11 is 5.78. The normalized spacial score (nSPS) is 10.3. The smallest absolute Gasteiger partial charge is 0.138 e. The molecule has 0 aliphatic heterocycles. The number of halogens is 2. The summed E-state index contributed by atoms with van der Waals surface area (Å²) < 4.78 is 18.1. The summed E-state index contributed by atoms with van der Waals surface area (Å²) in [5, 5.41) is 0.314. The summed E-state index contributed by atoms with van der Waals surface area (Å²) in [6.45, 7) is 1.29. The topological polar surface area (TPSA) is 35.2 Å². The van der Waals surface area contributed by atoms with Crippen molar-refractivity contribution in [3.05, 3.63) is 29.0 Å².